The molecule has 17 heavy (non-hydrogen) atoms. The average molecular weight is 277 g/mol. The molecule has 0 saturated carbocycles. The Labute approximate surface area is 112 Å². The minimum Gasteiger partial charge on any atom is -0.368 e. The Hall–Kier alpha value is 0.0900. The van der Waals surface area contributed by atoms with E-state index in [0.717, 1.165) is 13.1 Å². The van der Waals surface area contributed by atoms with Crippen LogP contribution in [0.3, 0.4) is 0 Å². The van der Waals surface area contributed by atoms with Gasteiger partial charge in [-0.1, -0.05) is 21.6 Å². The molecule has 100 valence electrons. The molecule has 1 amide bonds. The number of carbonyl (C=O) groups excluding carboxylic acids is 1. The van der Waals surface area contributed by atoms with Crippen molar-refractivity contribution in [3.8, 4) is 0 Å². The summed E-state index contributed by atoms with van der Waals surface area (Å²) >= 11 is 0. The molecule has 0 bridgehead atoms. The van der Waals surface area contributed by atoms with E-state index in [1.54, 1.807) is 0 Å². The smallest absolute Gasteiger partial charge is 0.235 e. The Kier molecular flexibility index (Phi) is 5.19. The Bertz CT molecular complexity index is 282. The van der Waals surface area contributed by atoms with Crippen LogP contribution >= 0.6 is 21.6 Å². The van der Waals surface area contributed by atoms with E-state index in [2.05, 4.69) is 38.3 Å². The van der Waals surface area contributed by atoms with Gasteiger partial charge in [-0.2, -0.15) is 0 Å². The maximum Gasteiger partial charge on any atom is 0.235 e. The average Bonchev–Trinajstić information content (AvgIpc) is 2.19. The quantitative estimate of drug-likeness (QED) is 0.623. The van der Waals surface area contributed by atoms with Gasteiger partial charge in [0, 0.05) is 29.1 Å². The molecular weight excluding hydrogens is 254 g/mol. The summed E-state index contributed by atoms with van der Waals surface area (Å²) in [4.78, 5) is 11.3. The number of hydrogen-bond donors (Lipinski definition) is 3. The van der Waals surface area contributed by atoms with Crippen LogP contribution in [0.1, 0.15) is 27.7 Å². The highest BCUT2D eigenvalue weighted by Gasteiger charge is 2.29. The summed E-state index contributed by atoms with van der Waals surface area (Å²) in [6.45, 7) is 11.0. The molecule has 1 heterocycles. The molecule has 0 aliphatic carbocycles. The molecule has 0 radical (unpaired) electrons. The summed E-state index contributed by atoms with van der Waals surface area (Å²) in [6, 6.07) is -0.284. The molecule has 1 rings (SSSR count). The largest absolute Gasteiger partial charge is 0.368 e. The number of amides is 1. The first kappa shape index (κ1) is 15.1. The number of hydrogen-bond acceptors (Lipinski definition) is 5. The van der Waals surface area contributed by atoms with Crippen molar-refractivity contribution in [3.05, 3.63) is 0 Å². The maximum atomic E-state index is 11.3. The Morgan fingerprint density at radius 1 is 1.18 bits per heavy atom. The third-order valence-electron chi connectivity index (χ3n) is 2.51. The van der Waals surface area contributed by atoms with Crippen molar-refractivity contribution >= 4 is 27.5 Å². The Morgan fingerprint density at radius 3 is 2.24 bits per heavy atom. The van der Waals surface area contributed by atoms with Crippen LogP contribution in [0.4, 0.5) is 0 Å². The Morgan fingerprint density at radius 2 is 1.71 bits per heavy atom. The first-order chi connectivity index (χ1) is 7.72. The van der Waals surface area contributed by atoms with Crippen LogP contribution < -0.4 is 16.4 Å². The highest BCUT2D eigenvalue weighted by Crippen LogP contribution is 2.43. The van der Waals surface area contributed by atoms with E-state index in [0.29, 0.717) is 6.54 Å². The predicted octanol–water partition coefficient (Wildman–Crippen LogP) is 0.972. The van der Waals surface area contributed by atoms with Gasteiger partial charge in [0.2, 0.25) is 5.91 Å². The van der Waals surface area contributed by atoms with Crippen molar-refractivity contribution in [3.63, 3.8) is 0 Å². The summed E-state index contributed by atoms with van der Waals surface area (Å²) in [7, 11) is 3.75. The predicted molar refractivity (Wildman–Crippen MR) is 77.2 cm³/mol. The van der Waals surface area contributed by atoms with Gasteiger partial charge in [-0.05, 0) is 27.7 Å². The number of nitrogens with one attached hydrogen (secondary N) is 2. The molecule has 0 aromatic carbocycles. The topological polar surface area (TPSA) is 67.1 Å². The van der Waals surface area contributed by atoms with E-state index in [4.69, 9.17) is 5.73 Å². The first-order valence-electron chi connectivity index (χ1n) is 5.82. The van der Waals surface area contributed by atoms with Crippen LogP contribution in [0.2, 0.25) is 0 Å². The van der Waals surface area contributed by atoms with Gasteiger partial charge >= 0.3 is 0 Å². The zero-order valence-electron chi connectivity index (χ0n) is 11.0. The molecule has 4 nitrogen and oxygen atoms in total. The number of rotatable bonds is 1. The van der Waals surface area contributed by atoms with Crippen molar-refractivity contribution in [1.29, 1.82) is 0 Å². The summed E-state index contributed by atoms with van der Waals surface area (Å²) in [5.74, 6) is -0.288. The number of nitrogens with two attached hydrogens (primary N) is 1. The molecule has 4 N–H and O–H groups in total. The maximum absolute atomic E-state index is 11.3. The van der Waals surface area contributed by atoms with E-state index >= 15 is 0 Å². The molecular formula is C11H23N3OS2. The normalized spacial score (nSPS) is 29.5. The van der Waals surface area contributed by atoms with Gasteiger partial charge in [-0.15, -0.1) is 0 Å². The number of carbonyl (C=O) groups is 1. The van der Waals surface area contributed by atoms with Gasteiger partial charge in [-0.25, -0.2) is 0 Å². The zero-order valence-corrected chi connectivity index (χ0v) is 12.6. The molecule has 0 aromatic heterocycles. The highest BCUT2D eigenvalue weighted by atomic mass is 33.1. The lowest BCUT2D eigenvalue weighted by atomic mass is 10.1. The molecule has 0 spiro atoms. The standard InChI is InChI=1S/C11H23N3OS2/c1-10(2)6-13-5-8(9(12)15)14-7-11(3,4)17-16-10/h8,13-14H,5-7H2,1-4H3,(H2,12,15). The second-order valence-corrected chi connectivity index (χ2v) is 9.20. The minimum atomic E-state index is -0.288. The van der Waals surface area contributed by atoms with Gasteiger partial charge in [-0.3, -0.25) is 4.79 Å². The van der Waals surface area contributed by atoms with E-state index in [1.807, 2.05) is 21.6 Å². The third kappa shape index (κ3) is 5.50. The van der Waals surface area contributed by atoms with Gasteiger partial charge in [0.1, 0.15) is 0 Å². The fourth-order valence-electron chi connectivity index (χ4n) is 1.44. The van der Waals surface area contributed by atoms with Crippen molar-refractivity contribution in [1.82, 2.24) is 10.6 Å². The fraction of sp³-hybridized carbons (Fsp3) is 0.909. The number of primary amides is 1. The van der Waals surface area contributed by atoms with Crippen molar-refractivity contribution in [2.45, 2.75) is 43.2 Å². The van der Waals surface area contributed by atoms with E-state index in [-0.39, 0.29) is 21.4 Å². The van der Waals surface area contributed by atoms with Crippen LogP contribution in [0.5, 0.6) is 0 Å². The van der Waals surface area contributed by atoms with Gasteiger partial charge < -0.3 is 16.4 Å². The van der Waals surface area contributed by atoms with Crippen LogP contribution in [-0.2, 0) is 4.79 Å². The lowest BCUT2D eigenvalue weighted by molar-refractivity contribution is -0.119. The van der Waals surface area contributed by atoms with Crippen LogP contribution in [-0.4, -0.2) is 41.1 Å². The van der Waals surface area contributed by atoms with Crippen LogP contribution in [0.15, 0.2) is 0 Å². The van der Waals surface area contributed by atoms with Crippen molar-refractivity contribution in [2.75, 3.05) is 19.6 Å². The lowest BCUT2D eigenvalue weighted by Gasteiger charge is -2.33. The molecule has 1 unspecified atom stereocenters. The summed E-state index contributed by atoms with van der Waals surface area (Å²) in [6.07, 6.45) is 0. The fourth-order valence-corrected chi connectivity index (χ4v) is 3.91. The van der Waals surface area contributed by atoms with Crippen LogP contribution in [0.25, 0.3) is 0 Å². The molecule has 1 aliphatic heterocycles. The summed E-state index contributed by atoms with van der Waals surface area (Å²) in [5, 5.41) is 6.54. The molecule has 1 aliphatic rings. The Balaban J connectivity index is 2.69. The molecule has 6 heteroatoms. The second kappa shape index (κ2) is 5.82. The summed E-state index contributed by atoms with van der Waals surface area (Å²) in [5.41, 5.74) is 5.38. The third-order valence-corrected chi connectivity index (χ3v) is 6.74. The van der Waals surface area contributed by atoms with Crippen molar-refractivity contribution in [2.24, 2.45) is 5.73 Å². The molecule has 1 fully saturated rings. The monoisotopic (exact) mass is 277 g/mol. The highest BCUT2D eigenvalue weighted by molar-refractivity contribution is 8.77. The van der Waals surface area contributed by atoms with Gasteiger partial charge in [0.25, 0.3) is 0 Å². The van der Waals surface area contributed by atoms with E-state index < -0.39 is 0 Å². The van der Waals surface area contributed by atoms with Crippen molar-refractivity contribution < 1.29 is 4.79 Å². The zero-order chi connectivity index (χ0) is 13.1. The minimum absolute atomic E-state index is 0.0903. The first-order valence-corrected chi connectivity index (χ1v) is 7.97. The SMILES string of the molecule is CC1(C)CNCC(C(N)=O)NCC(C)(C)SS1. The molecule has 0 aromatic rings. The van der Waals surface area contributed by atoms with E-state index in [1.165, 1.54) is 0 Å². The van der Waals surface area contributed by atoms with E-state index in [9.17, 15) is 4.79 Å². The van der Waals surface area contributed by atoms with Gasteiger partial charge in [0.15, 0.2) is 0 Å². The molecule has 1 atom stereocenters. The summed E-state index contributed by atoms with van der Waals surface area (Å²) < 4.78 is 0.244. The lowest BCUT2D eigenvalue weighted by Crippen LogP contribution is -2.53. The van der Waals surface area contributed by atoms with Gasteiger partial charge in [0.05, 0.1) is 6.04 Å². The second-order valence-electron chi connectivity index (χ2n) is 5.65. The van der Waals surface area contributed by atoms with Crippen LogP contribution in [0, 0.1) is 0 Å². The molecule has 1 saturated heterocycles.